The highest BCUT2D eigenvalue weighted by atomic mass is 14.5. The average molecular weight is 266 g/mol. The molecular formula is C18H22N2. The van der Waals surface area contributed by atoms with Crippen molar-refractivity contribution in [3.8, 4) is 0 Å². The molecule has 2 rings (SSSR count). The molecule has 2 aromatic carbocycles. The summed E-state index contributed by atoms with van der Waals surface area (Å²) in [5, 5.41) is 0. The van der Waals surface area contributed by atoms with Gasteiger partial charge in [0, 0.05) is 11.4 Å². The molecule has 0 amide bonds. The maximum absolute atomic E-state index is 5.55. The third-order valence-electron chi connectivity index (χ3n) is 2.69. The van der Waals surface area contributed by atoms with Crippen molar-refractivity contribution < 1.29 is 0 Å². The molecule has 0 aliphatic rings. The molecule has 0 atom stereocenters. The summed E-state index contributed by atoms with van der Waals surface area (Å²) in [5.74, 6) is 0. The van der Waals surface area contributed by atoms with Crippen LogP contribution in [0.5, 0.6) is 0 Å². The van der Waals surface area contributed by atoms with Crippen LogP contribution in [-0.2, 0) is 12.8 Å². The van der Waals surface area contributed by atoms with Crippen molar-refractivity contribution in [3.63, 3.8) is 0 Å². The van der Waals surface area contributed by atoms with E-state index < -0.39 is 0 Å². The molecule has 2 heteroatoms. The number of hydrogen-bond donors (Lipinski definition) is 2. The summed E-state index contributed by atoms with van der Waals surface area (Å²) in [6.07, 6.45) is 5.56. The molecule has 2 nitrogen and oxygen atoms in total. The van der Waals surface area contributed by atoms with Gasteiger partial charge < -0.3 is 11.5 Å². The molecule has 104 valence electrons. The Balaban J connectivity index is 0.000000200. The lowest BCUT2D eigenvalue weighted by Gasteiger charge is -1.96. The Morgan fingerprint density at radius 3 is 1.90 bits per heavy atom. The monoisotopic (exact) mass is 266 g/mol. The van der Waals surface area contributed by atoms with Gasteiger partial charge in [0.25, 0.3) is 0 Å². The van der Waals surface area contributed by atoms with Gasteiger partial charge in [-0.1, -0.05) is 36.4 Å². The fraction of sp³-hybridized carbons (Fsp3) is 0.111. The topological polar surface area (TPSA) is 52.0 Å². The maximum atomic E-state index is 5.55. The van der Waals surface area contributed by atoms with Gasteiger partial charge in [-0.3, -0.25) is 0 Å². The molecule has 0 bridgehead atoms. The van der Waals surface area contributed by atoms with E-state index in [1.165, 1.54) is 11.1 Å². The first-order valence-corrected chi connectivity index (χ1v) is 6.56. The normalized spacial score (nSPS) is 9.20. The molecule has 0 saturated heterocycles. The number of nitrogens with two attached hydrogens (primary N) is 2. The van der Waals surface area contributed by atoms with Crippen molar-refractivity contribution >= 4 is 11.4 Å². The molecule has 4 N–H and O–H groups in total. The standard InChI is InChI=1S/2C9H11N/c1-2-4-8-5-3-6-9(10)7-8;1-2-3-8-4-6-9(10)7-5-8/h2-3,5-7H,1,4,10H2;2,4-7H,1,3,10H2. The van der Waals surface area contributed by atoms with E-state index in [0.29, 0.717) is 0 Å². The van der Waals surface area contributed by atoms with Crippen LogP contribution in [0.25, 0.3) is 0 Å². The Bertz CT molecular complexity index is 542. The summed E-state index contributed by atoms with van der Waals surface area (Å²) in [6, 6.07) is 15.7. The van der Waals surface area contributed by atoms with E-state index in [9.17, 15) is 0 Å². The minimum absolute atomic E-state index is 0.813. The van der Waals surface area contributed by atoms with Crippen LogP contribution in [-0.4, -0.2) is 0 Å². The summed E-state index contributed by atoms with van der Waals surface area (Å²) < 4.78 is 0. The van der Waals surface area contributed by atoms with Crippen LogP contribution in [0.4, 0.5) is 11.4 Å². The molecule has 0 aliphatic heterocycles. The molecule has 0 heterocycles. The fourth-order valence-corrected chi connectivity index (χ4v) is 1.71. The van der Waals surface area contributed by atoms with Crippen LogP contribution in [0.1, 0.15) is 11.1 Å². The molecule has 2 aromatic rings. The van der Waals surface area contributed by atoms with Gasteiger partial charge in [0.15, 0.2) is 0 Å². The van der Waals surface area contributed by atoms with Crippen molar-refractivity contribution in [2.75, 3.05) is 11.5 Å². The third kappa shape index (κ3) is 5.91. The van der Waals surface area contributed by atoms with Gasteiger partial charge in [-0.15, -0.1) is 13.2 Å². The summed E-state index contributed by atoms with van der Waals surface area (Å²) in [7, 11) is 0. The quantitative estimate of drug-likeness (QED) is 0.649. The number of hydrogen-bond acceptors (Lipinski definition) is 2. The second kappa shape index (κ2) is 8.59. The number of nitrogen functional groups attached to an aromatic ring is 2. The lowest BCUT2D eigenvalue weighted by Crippen LogP contribution is -1.86. The van der Waals surface area contributed by atoms with E-state index in [1.807, 2.05) is 60.7 Å². The second-order valence-corrected chi connectivity index (χ2v) is 4.47. The lowest BCUT2D eigenvalue weighted by molar-refractivity contribution is 1.28. The highest BCUT2D eigenvalue weighted by Crippen LogP contribution is 2.07. The summed E-state index contributed by atoms with van der Waals surface area (Å²) in [6.45, 7) is 7.29. The van der Waals surface area contributed by atoms with Crippen LogP contribution in [0.3, 0.4) is 0 Å². The van der Waals surface area contributed by atoms with Crippen molar-refractivity contribution in [1.29, 1.82) is 0 Å². The zero-order valence-corrected chi connectivity index (χ0v) is 11.8. The molecule has 0 radical (unpaired) electrons. The van der Waals surface area contributed by atoms with Crippen LogP contribution < -0.4 is 11.5 Å². The van der Waals surface area contributed by atoms with Crippen LogP contribution >= 0.6 is 0 Å². The minimum atomic E-state index is 0.813. The summed E-state index contributed by atoms with van der Waals surface area (Å²) in [5.41, 5.74) is 15.2. The molecular weight excluding hydrogens is 244 g/mol. The van der Waals surface area contributed by atoms with Gasteiger partial charge in [0.2, 0.25) is 0 Å². The highest BCUT2D eigenvalue weighted by molar-refractivity contribution is 5.41. The fourth-order valence-electron chi connectivity index (χ4n) is 1.71. The van der Waals surface area contributed by atoms with E-state index in [1.54, 1.807) is 0 Å². The van der Waals surface area contributed by atoms with Gasteiger partial charge in [0.05, 0.1) is 0 Å². The zero-order valence-electron chi connectivity index (χ0n) is 11.8. The maximum Gasteiger partial charge on any atom is 0.0316 e. The summed E-state index contributed by atoms with van der Waals surface area (Å²) in [4.78, 5) is 0. The first-order valence-electron chi connectivity index (χ1n) is 6.56. The number of rotatable bonds is 4. The van der Waals surface area contributed by atoms with Crippen LogP contribution in [0.15, 0.2) is 73.8 Å². The van der Waals surface area contributed by atoms with Crippen molar-refractivity contribution in [1.82, 2.24) is 0 Å². The average Bonchev–Trinajstić information content (AvgIpc) is 2.43. The van der Waals surface area contributed by atoms with Crippen molar-refractivity contribution in [2.45, 2.75) is 12.8 Å². The Labute approximate surface area is 121 Å². The predicted molar refractivity (Wildman–Crippen MR) is 89.5 cm³/mol. The number of anilines is 2. The first kappa shape index (κ1) is 15.6. The molecule has 0 saturated carbocycles. The van der Waals surface area contributed by atoms with Crippen LogP contribution in [0, 0.1) is 0 Å². The van der Waals surface area contributed by atoms with E-state index in [-0.39, 0.29) is 0 Å². The van der Waals surface area contributed by atoms with E-state index in [0.717, 1.165) is 24.2 Å². The van der Waals surface area contributed by atoms with Crippen molar-refractivity contribution in [2.24, 2.45) is 0 Å². The van der Waals surface area contributed by atoms with Crippen LogP contribution in [0.2, 0.25) is 0 Å². The minimum Gasteiger partial charge on any atom is -0.399 e. The van der Waals surface area contributed by atoms with Crippen molar-refractivity contribution in [3.05, 3.63) is 85.0 Å². The molecule has 0 fully saturated rings. The Morgan fingerprint density at radius 2 is 1.35 bits per heavy atom. The largest absolute Gasteiger partial charge is 0.399 e. The predicted octanol–water partition coefficient (Wildman–Crippen LogP) is 3.99. The smallest absolute Gasteiger partial charge is 0.0316 e. The van der Waals surface area contributed by atoms with E-state index >= 15 is 0 Å². The van der Waals surface area contributed by atoms with E-state index in [4.69, 9.17) is 11.5 Å². The number of benzene rings is 2. The van der Waals surface area contributed by atoms with Gasteiger partial charge >= 0.3 is 0 Å². The zero-order chi connectivity index (χ0) is 14.8. The SMILES string of the molecule is C=CCc1ccc(N)cc1.C=CCc1cccc(N)c1. The third-order valence-corrected chi connectivity index (χ3v) is 2.69. The molecule has 0 aliphatic carbocycles. The van der Waals surface area contributed by atoms with Gasteiger partial charge in [0.1, 0.15) is 0 Å². The first-order chi connectivity index (χ1) is 9.65. The molecule has 0 spiro atoms. The van der Waals surface area contributed by atoms with E-state index in [2.05, 4.69) is 13.2 Å². The molecule has 20 heavy (non-hydrogen) atoms. The highest BCUT2D eigenvalue weighted by Gasteiger charge is 1.88. The Morgan fingerprint density at radius 1 is 0.750 bits per heavy atom. The Kier molecular flexibility index (Phi) is 6.69. The summed E-state index contributed by atoms with van der Waals surface area (Å²) >= 11 is 0. The molecule has 0 unspecified atom stereocenters. The Hall–Kier alpha value is -2.48. The lowest BCUT2D eigenvalue weighted by atomic mass is 10.1. The van der Waals surface area contributed by atoms with Gasteiger partial charge in [-0.05, 0) is 48.2 Å². The van der Waals surface area contributed by atoms with Gasteiger partial charge in [-0.25, -0.2) is 0 Å². The second-order valence-electron chi connectivity index (χ2n) is 4.47. The number of allylic oxidation sites excluding steroid dienone is 2. The van der Waals surface area contributed by atoms with Gasteiger partial charge in [-0.2, -0.15) is 0 Å². The molecule has 0 aromatic heterocycles.